The first-order chi connectivity index (χ1) is 7.36. The maximum Gasteiger partial charge on any atom is 0.156 e. The zero-order chi connectivity index (χ0) is 10.5. The van der Waals surface area contributed by atoms with Gasteiger partial charge in [-0.2, -0.15) is 0 Å². The number of halogens is 1. The Hall–Kier alpha value is -0.800. The molecule has 1 fully saturated rings. The van der Waals surface area contributed by atoms with Crippen LogP contribution in [-0.2, 0) is 0 Å². The second kappa shape index (κ2) is 5.33. The summed E-state index contributed by atoms with van der Waals surface area (Å²) in [5, 5.41) is 3.97. The zero-order valence-electron chi connectivity index (χ0n) is 8.58. The van der Waals surface area contributed by atoms with Crippen LogP contribution in [0.5, 0.6) is 5.75 Å². The summed E-state index contributed by atoms with van der Waals surface area (Å²) in [4.78, 5) is 3.99. The molecule has 1 N–H and O–H groups in total. The summed E-state index contributed by atoms with van der Waals surface area (Å²) in [6, 6.07) is 1.75. The van der Waals surface area contributed by atoms with E-state index in [9.17, 15) is 0 Å². The van der Waals surface area contributed by atoms with Crippen molar-refractivity contribution in [3.05, 3.63) is 23.5 Å². The first-order valence-electron chi connectivity index (χ1n) is 5.29. The van der Waals surface area contributed by atoms with Gasteiger partial charge in [0.1, 0.15) is 0 Å². The van der Waals surface area contributed by atoms with Gasteiger partial charge in [-0.3, -0.25) is 4.98 Å². The van der Waals surface area contributed by atoms with Gasteiger partial charge in [-0.15, -0.1) is 0 Å². The second-order valence-electron chi connectivity index (χ2n) is 3.81. The smallest absolute Gasteiger partial charge is 0.156 e. The van der Waals surface area contributed by atoms with Gasteiger partial charge in [0.25, 0.3) is 0 Å². The summed E-state index contributed by atoms with van der Waals surface area (Å²) in [7, 11) is 0. The Labute approximate surface area is 94.8 Å². The maximum atomic E-state index is 5.96. The number of aromatic nitrogens is 1. The molecular formula is C11H15ClN2O. The average Bonchev–Trinajstić information content (AvgIpc) is 2.29. The van der Waals surface area contributed by atoms with Crippen molar-refractivity contribution in [2.24, 2.45) is 5.92 Å². The Bertz CT molecular complexity index is 313. The van der Waals surface area contributed by atoms with Crippen LogP contribution in [0.15, 0.2) is 18.5 Å². The molecule has 82 valence electrons. The van der Waals surface area contributed by atoms with Crippen LogP contribution in [0.3, 0.4) is 0 Å². The van der Waals surface area contributed by atoms with E-state index in [0.717, 1.165) is 19.7 Å². The van der Waals surface area contributed by atoms with Crippen molar-refractivity contribution in [1.29, 1.82) is 0 Å². The quantitative estimate of drug-likeness (QED) is 0.857. The Morgan fingerprint density at radius 1 is 1.47 bits per heavy atom. The molecule has 2 heterocycles. The van der Waals surface area contributed by atoms with E-state index in [0.29, 0.717) is 16.7 Å². The van der Waals surface area contributed by atoms with Crippen LogP contribution < -0.4 is 10.1 Å². The zero-order valence-corrected chi connectivity index (χ0v) is 9.33. The van der Waals surface area contributed by atoms with Crippen LogP contribution in [-0.4, -0.2) is 24.7 Å². The van der Waals surface area contributed by atoms with Crippen molar-refractivity contribution < 1.29 is 4.74 Å². The van der Waals surface area contributed by atoms with E-state index >= 15 is 0 Å². The van der Waals surface area contributed by atoms with Gasteiger partial charge in [0, 0.05) is 6.20 Å². The third-order valence-corrected chi connectivity index (χ3v) is 2.98. The lowest BCUT2D eigenvalue weighted by Gasteiger charge is -2.22. The van der Waals surface area contributed by atoms with Crippen molar-refractivity contribution in [3.63, 3.8) is 0 Å². The molecular weight excluding hydrogens is 212 g/mol. The summed E-state index contributed by atoms with van der Waals surface area (Å²) < 4.78 is 5.65. The average molecular weight is 227 g/mol. The van der Waals surface area contributed by atoms with Crippen molar-refractivity contribution in [2.75, 3.05) is 19.7 Å². The molecule has 0 amide bonds. The molecule has 1 aliphatic rings. The molecule has 0 unspecified atom stereocenters. The number of hydrogen-bond donors (Lipinski definition) is 1. The van der Waals surface area contributed by atoms with Crippen molar-refractivity contribution >= 4 is 11.6 Å². The molecule has 0 spiro atoms. The minimum absolute atomic E-state index is 0.638. The van der Waals surface area contributed by atoms with Crippen LogP contribution >= 0.6 is 11.6 Å². The summed E-state index contributed by atoms with van der Waals surface area (Å²) >= 11 is 5.96. The van der Waals surface area contributed by atoms with E-state index < -0.39 is 0 Å². The van der Waals surface area contributed by atoms with Gasteiger partial charge < -0.3 is 10.1 Å². The molecule has 1 aromatic heterocycles. The Kier molecular flexibility index (Phi) is 3.80. The standard InChI is InChI=1S/C11H15ClN2O/c12-10-3-6-14-7-11(10)15-8-9-1-4-13-5-2-9/h3,6-7,9,13H,1-2,4-5,8H2. The van der Waals surface area contributed by atoms with Gasteiger partial charge >= 0.3 is 0 Å². The molecule has 15 heavy (non-hydrogen) atoms. The molecule has 0 bridgehead atoms. The molecule has 0 aromatic carbocycles. The summed E-state index contributed by atoms with van der Waals surface area (Å²) in [5.74, 6) is 1.33. The predicted molar refractivity (Wildman–Crippen MR) is 60.3 cm³/mol. The number of piperidine rings is 1. The minimum Gasteiger partial charge on any atom is -0.490 e. The van der Waals surface area contributed by atoms with Crippen LogP contribution in [0.2, 0.25) is 5.02 Å². The van der Waals surface area contributed by atoms with Crippen molar-refractivity contribution in [2.45, 2.75) is 12.8 Å². The fourth-order valence-electron chi connectivity index (χ4n) is 1.73. The van der Waals surface area contributed by atoms with Gasteiger partial charge in [-0.1, -0.05) is 11.6 Å². The number of rotatable bonds is 3. The predicted octanol–water partition coefficient (Wildman–Crippen LogP) is 2.11. The number of nitrogens with zero attached hydrogens (tertiary/aromatic N) is 1. The van der Waals surface area contributed by atoms with Gasteiger partial charge in [-0.25, -0.2) is 0 Å². The number of pyridine rings is 1. The minimum atomic E-state index is 0.638. The lowest BCUT2D eigenvalue weighted by atomic mass is 9.99. The molecule has 4 heteroatoms. The van der Waals surface area contributed by atoms with E-state index in [1.807, 2.05) is 0 Å². The Balaban J connectivity index is 1.84. The van der Waals surface area contributed by atoms with Gasteiger partial charge in [0.2, 0.25) is 0 Å². The van der Waals surface area contributed by atoms with Crippen LogP contribution in [0.25, 0.3) is 0 Å². The fraction of sp³-hybridized carbons (Fsp3) is 0.545. The molecule has 1 aliphatic heterocycles. The maximum absolute atomic E-state index is 5.96. The number of hydrogen-bond acceptors (Lipinski definition) is 3. The summed E-state index contributed by atoms with van der Waals surface area (Å²) in [5.41, 5.74) is 0. The van der Waals surface area contributed by atoms with Gasteiger partial charge in [0.15, 0.2) is 5.75 Å². The van der Waals surface area contributed by atoms with Gasteiger partial charge in [-0.05, 0) is 37.9 Å². The summed E-state index contributed by atoms with van der Waals surface area (Å²) in [6.07, 6.45) is 5.69. The van der Waals surface area contributed by atoms with Crippen LogP contribution in [0.4, 0.5) is 0 Å². The lowest BCUT2D eigenvalue weighted by Crippen LogP contribution is -2.30. The Morgan fingerprint density at radius 3 is 3.00 bits per heavy atom. The molecule has 0 radical (unpaired) electrons. The molecule has 2 rings (SSSR count). The highest BCUT2D eigenvalue weighted by atomic mass is 35.5. The van der Waals surface area contributed by atoms with E-state index in [-0.39, 0.29) is 0 Å². The molecule has 1 aromatic rings. The number of ether oxygens (including phenoxy) is 1. The molecule has 0 saturated carbocycles. The second-order valence-corrected chi connectivity index (χ2v) is 4.22. The third kappa shape index (κ3) is 3.08. The largest absolute Gasteiger partial charge is 0.490 e. The third-order valence-electron chi connectivity index (χ3n) is 2.67. The normalized spacial score (nSPS) is 17.7. The first kappa shape index (κ1) is 10.7. The van der Waals surface area contributed by atoms with E-state index in [1.165, 1.54) is 12.8 Å². The van der Waals surface area contributed by atoms with E-state index in [2.05, 4.69) is 10.3 Å². The highest BCUT2D eigenvalue weighted by Crippen LogP contribution is 2.23. The first-order valence-corrected chi connectivity index (χ1v) is 5.67. The molecule has 1 saturated heterocycles. The highest BCUT2D eigenvalue weighted by Gasteiger charge is 2.14. The number of nitrogens with one attached hydrogen (secondary N) is 1. The highest BCUT2D eigenvalue weighted by molar-refractivity contribution is 6.31. The Morgan fingerprint density at radius 2 is 2.27 bits per heavy atom. The summed E-state index contributed by atoms with van der Waals surface area (Å²) in [6.45, 7) is 2.93. The van der Waals surface area contributed by atoms with Gasteiger partial charge in [0.05, 0.1) is 17.8 Å². The van der Waals surface area contributed by atoms with Crippen molar-refractivity contribution in [1.82, 2.24) is 10.3 Å². The molecule has 0 atom stereocenters. The van der Waals surface area contributed by atoms with E-state index in [1.54, 1.807) is 18.5 Å². The molecule has 3 nitrogen and oxygen atoms in total. The lowest BCUT2D eigenvalue weighted by molar-refractivity contribution is 0.215. The van der Waals surface area contributed by atoms with Crippen molar-refractivity contribution in [3.8, 4) is 5.75 Å². The van der Waals surface area contributed by atoms with E-state index in [4.69, 9.17) is 16.3 Å². The molecule has 0 aliphatic carbocycles. The van der Waals surface area contributed by atoms with Crippen LogP contribution in [0.1, 0.15) is 12.8 Å². The monoisotopic (exact) mass is 226 g/mol. The SMILES string of the molecule is Clc1ccncc1OCC1CCNCC1. The van der Waals surface area contributed by atoms with Crippen LogP contribution in [0, 0.1) is 5.92 Å². The topological polar surface area (TPSA) is 34.1 Å². The fourth-order valence-corrected chi connectivity index (χ4v) is 1.88.